The summed E-state index contributed by atoms with van der Waals surface area (Å²) >= 11 is 0. The van der Waals surface area contributed by atoms with Gasteiger partial charge in [-0.25, -0.2) is 0 Å². The van der Waals surface area contributed by atoms with Crippen molar-refractivity contribution in [3.05, 3.63) is 77.4 Å². The first-order valence-corrected chi connectivity index (χ1v) is 8.38. The van der Waals surface area contributed by atoms with Crippen LogP contribution in [-0.2, 0) is 4.74 Å². The molecule has 0 N–H and O–H groups in total. The first-order chi connectivity index (χ1) is 11.3. The van der Waals surface area contributed by atoms with Crippen LogP contribution in [0.25, 0.3) is 17.2 Å². The summed E-state index contributed by atoms with van der Waals surface area (Å²) in [5, 5.41) is 0. The van der Waals surface area contributed by atoms with Crippen molar-refractivity contribution in [3.63, 3.8) is 0 Å². The molecule has 1 aliphatic carbocycles. The SMILES string of the molecule is CC1=C[C@@]2(CC1)COC/C2=C\c1ccccc1-c1ccccc1. The van der Waals surface area contributed by atoms with Crippen LogP contribution in [0.3, 0.4) is 0 Å². The Bertz CT molecular complexity index is 770. The Morgan fingerprint density at radius 2 is 1.78 bits per heavy atom. The molecule has 1 nitrogen and oxygen atoms in total. The molecule has 0 saturated carbocycles. The summed E-state index contributed by atoms with van der Waals surface area (Å²) in [5.74, 6) is 0. The van der Waals surface area contributed by atoms with Crippen molar-refractivity contribution in [1.82, 2.24) is 0 Å². The molecule has 2 aliphatic rings. The highest BCUT2D eigenvalue weighted by atomic mass is 16.5. The quantitative estimate of drug-likeness (QED) is 0.666. The molecule has 1 heteroatoms. The van der Waals surface area contributed by atoms with Gasteiger partial charge in [-0.05, 0) is 42.0 Å². The number of benzene rings is 2. The maximum Gasteiger partial charge on any atom is 0.0690 e. The number of ether oxygens (including phenoxy) is 1. The summed E-state index contributed by atoms with van der Waals surface area (Å²) in [5.41, 5.74) is 6.92. The molecule has 1 fully saturated rings. The maximum atomic E-state index is 5.85. The van der Waals surface area contributed by atoms with Crippen LogP contribution in [0.15, 0.2) is 71.8 Å². The van der Waals surface area contributed by atoms with Crippen molar-refractivity contribution in [2.75, 3.05) is 13.2 Å². The van der Waals surface area contributed by atoms with Crippen molar-refractivity contribution in [2.45, 2.75) is 19.8 Å². The van der Waals surface area contributed by atoms with Gasteiger partial charge in [-0.3, -0.25) is 0 Å². The average molecular weight is 302 g/mol. The van der Waals surface area contributed by atoms with Gasteiger partial charge in [0.2, 0.25) is 0 Å². The van der Waals surface area contributed by atoms with Crippen molar-refractivity contribution in [3.8, 4) is 11.1 Å². The third-order valence-electron chi connectivity index (χ3n) is 5.12. The predicted octanol–water partition coefficient (Wildman–Crippen LogP) is 5.49. The Hall–Kier alpha value is -2.12. The third kappa shape index (κ3) is 2.66. The van der Waals surface area contributed by atoms with Gasteiger partial charge in [0, 0.05) is 5.41 Å². The van der Waals surface area contributed by atoms with E-state index in [4.69, 9.17) is 4.74 Å². The molecule has 1 spiro atoms. The highest BCUT2D eigenvalue weighted by molar-refractivity contribution is 5.76. The Labute approximate surface area is 138 Å². The molecule has 0 bridgehead atoms. The molecule has 2 aromatic carbocycles. The van der Waals surface area contributed by atoms with Gasteiger partial charge in [0.25, 0.3) is 0 Å². The minimum atomic E-state index is 0.147. The summed E-state index contributed by atoms with van der Waals surface area (Å²) in [7, 11) is 0. The van der Waals surface area contributed by atoms with E-state index in [1.807, 2.05) is 0 Å². The molecule has 1 atom stereocenters. The lowest BCUT2D eigenvalue weighted by atomic mass is 9.81. The lowest BCUT2D eigenvalue weighted by Crippen LogP contribution is -2.16. The van der Waals surface area contributed by atoms with Gasteiger partial charge < -0.3 is 4.74 Å². The number of allylic oxidation sites excluding steroid dienone is 1. The van der Waals surface area contributed by atoms with Gasteiger partial charge in [0.05, 0.1) is 13.2 Å². The van der Waals surface area contributed by atoms with Gasteiger partial charge in [-0.1, -0.05) is 72.3 Å². The number of rotatable bonds is 2. The zero-order chi connectivity index (χ0) is 15.7. The van der Waals surface area contributed by atoms with Gasteiger partial charge in [0.1, 0.15) is 0 Å². The summed E-state index contributed by atoms with van der Waals surface area (Å²) in [6.45, 7) is 3.83. The van der Waals surface area contributed by atoms with E-state index in [9.17, 15) is 0 Å². The fourth-order valence-corrected chi connectivity index (χ4v) is 3.86. The molecule has 0 unspecified atom stereocenters. The second kappa shape index (κ2) is 5.82. The fourth-order valence-electron chi connectivity index (χ4n) is 3.86. The van der Waals surface area contributed by atoms with Crippen LogP contribution in [0, 0.1) is 5.41 Å². The molecule has 0 radical (unpaired) electrons. The monoisotopic (exact) mass is 302 g/mol. The Morgan fingerprint density at radius 1 is 1.00 bits per heavy atom. The van der Waals surface area contributed by atoms with Crippen LogP contribution >= 0.6 is 0 Å². The van der Waals surface area contributed by atoms with E-state index in [-0.39, 0.29) is 5.41 Å². The molecular weight excluding hydrogens is 280 g/mol. The lowest BCUT2D eigenvalue weighted by molar-refractivity contribution is 0.169. The van der Waals surface area contributed by atoms with Gasteiger partial charge in [-0.15, -0.1) is 0 Å². The second-order valence-corrected chi connectivity index (χ2v) is 6.76. The Balaban J connectivity index is 1.78. The van der Waals surface area contributed by atoms with Crippen LogP contribution in [0.5, 0.6) is 0 Å². The topological polar surface area (TPSA) is 9.23 Å². The maximum absolute atomic E-state index is 5.85. The highest BCUT2D eigenvalue weighted by Crippen LogP contribution is 2.47. The Morgan fingerprint density at radius 3 is 2.57 bits per heavy atom. The summed E-state index contributed by atoms with van der Waals surface area (Å²) < 4.78 is 5.85. The molecule has 1 saturated heterocycles. The fraction of sp³-hybridized carbons (Fsp3) is 0.273. The van der Waals surface area contributed by atoms with Crippen LogP contribution in [-0.4, -0.2) is 13.2 Å². The first-order valence-electron chi connectivity index (χ1n) is 8.38. The Kier molecular flexibility index (Phi) is 3.66. The number of hydrogen-bond acceptors (Lipinski definition) is 1. The van der Waals surface area contributed by atoms with E-state index in [0.717, 1.165) is 13.2 Å². The predicted molar refractivity (Wildman–Crippen MR) is 96.1 cm³/mol. The van der Waals surface area contributed by atoms with E-state index in [0.29, 0.717) is 0 Å². The lowest BCUT2D eigenvalue weighted by Gasteiger charge is -2.21. The van der Waals surface area contributed by atoms with Crippen molar-refractivity contribution < 1.29 is 4.74 Å². The minimum absolute atomic E-state index is 0.147. The smallest absolute Gasteiger partial charge is 0.0690 e. The summed E-state index contributed by atoms with van der Waals surface area (Å²) in [6, 6.07) is 19.3. The van der Waals surface area contributed by atoms with Crippen LogP contribution in [0.2, 0.25) is 0 Å². The van der Waals surface area contributed by atoms with Crippen LogP contribution in [0.4, 0.5) is 0 Å². The molecule has 116 valence electrons. The van der Waals surface area contributed by atoms with Crippen molar-refractivity contribution in [2.24, 2.45) is 5.41 Å². The van der Waals surface area contributed by atoms with Crippen molar-refractivity contribution >= 4 is 6.08 Å². The zero-order valence-corrected chi connectivity index (χ0v) is 13.6. The highest BCUT2D eigenvalue weighted by Gasteiger charge is 2.40. The molecule has 0 aromatic heterocycles. The third-order valence-corrected chi connectivity index (χ3v) is 5.12. The number of hydrogen-bond donors (Lipinski definition) is 0. The van der Waals surface area contributed by atoms with Crippen LogP contribution in [0.1, 0.15) is 25.3 Å². The van der Waals surface area contributed by atoms with E-state index in [2.05, 4.69) is 73.7 Å². The van der Waals surface area contributed by atoms with E-state index in [1.165, 1.54) is 40.7 Å². The molecule has 1 heterocycles. The molecule has 4 rings (SSSR count). The van der Waals surface area contributed by atoms with Gasteiger partial charge in [-0.2, -0.15) is 0 Å². The minimum Gasteiger partial charge on any atom is -0.376 e. The van der Waals surface area contributed by atoms with Gasteiger partial charge >= 0.3 is 0 Å². The largest absolute Gasteiger partial charge is 0.376 e. The van der Waals surface area contributed by atoms with Crippen LogP contribution < -0.4 is 0 Å². The van der Waals surface area contributed by atoms with E-state index < -0.39 is 0 Å². The standard InChI is InChI=1S/C22H22O/c1-17-11-12-22(14-17)16-23-15-20(22)13-19-9-5-6-10-21(19)18-7-3-2-4-8-18/h2-10,13-14H,11-12,15-16H2,1H3/b20-13+/t22-/m0/s1. The second-order valence-electron chi connectivity index (χ2n) is 6.76. The molecular formula is C22H22O. The zero-order valence-electron chi connectivity index (χ0n) is 13.6. The summed E-state index contributed by atoms with van der Waals surface area (Å²) in [6.07, 6.45) is 7.20. The average Bonchev–Trinajstić information content (AvgIpc) is 3.15. The normalized spacial score (nSPS) is 25.3. The molecule has 0 amide bonds. The van der Waals surface area contributed by atoms with Gasteiger partial charge in [0.15, 0.2) is 0 Å². The van der Waals surface area contributed by atoms with E-state index >= 15 is 0 Å². The van der Waals surface area contributed by atoms with Crippen molar-refractivity contribution in [1.29, 1.82) is 0 Å². The first kappa shape index (κ1) is 14.5. The van der Waals surface area contributed by atoms with E-state index in [1.54, 1.807) is 0 Å². The molecule has 2 aromatic rings. The molecule has 23 heavy (non-hydrogen) atoms. The summed E-state index contributed by atoms with van der Waals surface area (Å²) in [4.78, 5) is 0. The molecule has 1 aliphatic heterocycles.